The summed E-state index contributed by atoms with van der Waals surface area (Å²) in [4.78, 5) is 44.6. The lowest BCUT2D eigenvalue weighted by Crippen LogP contribution is -2.49. The Labute approximate surface area is 180 Å². The van der Waals surface area contributed by atoms with Gasteiger partial charge in [-0.25, -0.2) is 9.18 Å². The molecule has 0 aliphatic carbocycles. The summed E-state index contributed by atoms with van der Waals surface area (Å²) in [5, 5.41) is 18.0. The van der Waals surface area contributed by atoms with Gasteiger partial charge in [-0.05, 0) is 43.0 Å². The molecule has 0 saturated carbocycles. The first kappa shape index (κ1) is 25.2. The zero-order chi connectivity index (χ0) is 24.1. The SMILES string of the molecule is O=C(O)C(F)(F)F.O=C(O)CN1CCC(c2ccc(C3(F)CCC(=O)NC3=O)cc2)CC1. The van der Waals surface area contributed by atoms with E-state index in [1.807, 2.05) is 17.0 Å². The van der Waals surface area contributed by atoms with Gasteiger partial charge in [0.25, 0.3) is 5.91 Å². The molecule has 1 atom stereocenters. The number of hydrogen-bond donors (Lipinski definition) is 3. The predicted molar refractivity (Wildman–Crippen MR) is 101 cm³/mol. The van der Waals surface area contributed by atoms with Crippen molar-refractivity contribution >= 4 is 23.8 Å². The Morgan fingerprint density at radius 3 is 2.06 bits per heavy atom. The fourth-order valence-electron chi connectivity index (χ4n) is 3.60. The molecule has 2 fully saturated rings. The fourth-order valence-corrected chi connectivity index (χ4v) is 3.60. The average molecular weight is 462 g/mol. The van der Waals surface area contributed by atoms with Crippen LogP contribution in [0.5, 0.6) is 0 Å². The van der Waals surface area contributed by atoms with E-state index in [1.165, 1.54) is 0 Å². The maximum atomic E-state index is 15.0. The Morgan fingerprint density at radius 2 is 1.62 bits per heavy atom. The van der Waals surface area contributed by atoms with E-state index in [2.05, 4.69) is 5.32 Å². The molecule has 2 heterocycles. The normalized spacial score (nSPS) is 22.5. The van der Waals surface area contributed by atoms with Crippen molar-refractivity contribution in [1.29, 1.82) is 0 Å². The number of aliphatic carboxylic acids is 2. The lowest BCUT2D eigenvalue weighted by Gasteiger charge is -2.31. The van der Waals surface area contributed by atoms with Crippen molar-refractivity contribution in [3.8, 4) is 0 Å². The van der Waals surface area contributed by atoms with Crippen LogP contribution < -0.4 is 5.32 Å². The summed E-state index contributed by atoms with van der Waals surface area (Å²) in [7, 11) is 0. The van der Waals surface area contributed by atoms with E-state index in [4.69, 9.17) is 15.0 Å². The van der Waals surface area contributed by atoms with Gasteiger partial charge in [0.1, 0.15) is 0 Å². The molecular formula is C20H22F4N2O6. The highest BCUT2D eigenvalue weighted by atomic mass is 19.4. The first-order valence-corrected chi connectivity index (χ1v) is 9.71. The van der Waals surface area contributed by atoms with Crippen LogP contribution in [0.3, 0.4) is 0 Å². The molecule has 176 valence electrons. The van der Waals surface area contributed by atoms with Crippen molar-refractivity contribution in [3.05, 3.63) is 35.4 Å². The number of carbonyl (C=O) groups is 4. The summed E-state index contributed by atoms with van der Waals surface area (Å²) in [5.41, 5.74) is -0.823. The van der Waals surface area contributed by atoms with Crippen LogP contribution in [0.25, 0.3) is 0 Å². The third-order valence-corrected chi connectivity index (χ3v) is 5.34. The Bertz CT molecular complexity index is 866. The first-order valence-electron chi connectivity index (χ1n) is 9.71. The Balaban J connectivity index is 0.000000451. The molecule has 0 bridgehead atoms. The number of benzene rings is 1. The van der Waals surface area contributed by atoms with E-state index in [9.17, 15) is 31.9 Å². The molecule has 12 heteroatoms. The second-order valence-electron chi connectivity index (χ2n) is 7.55. The van der Waals surface area contributed by atoms with Crippen molar-refractivity contribution in [2.24, 2.45) is 0 Å². The molecule has 8 nitrogen and oxygen atoms in total. The first-order chi connectivity index (χ1) is 14.8. The number of nitrogens with zero attached hydrogens (tertiary/aromatic N) is 1. The van der Waals surface area contributed by atoms with Crippen LogP contribution in [-0.2, 0) is 24.8 Å². The number of hydrogen-bond acceptors (Lipinski definition) is 5. The second-order valence-corrected chi connectivity index (χ2v) is 7.55. The number of nitrogens with one attached hydrogen (secondary N) is 1. The molecule has 2 aliphatic heterocycles. The highest BCUT2D eigenvalue weighted by molar-refractivity contribution is 6.02. The summed E-state index contributed by atoms with van der Waals surface area (Å²) in [6, 6.07) is 6.90. The van der Waals surface area contributed by atoms with Crippen LogP contribution in [0.4, 0.5) is 17.6 Å². The molecule has 1 unspecified atom stereocenters. The fraction of sp³-hybridized carbons (Fsp3) is 0.500. The highest BCUT2D eigenvalue weighted by Crippen LogP contribution is 2.36. The maximum Gasteiger partial charge on any atom is 0.490 e. The topological polar surface area (TPSA) is 124 Å². The number of rotatable bonds is 4. The van der Waals surface area contributed by atoms with Crippen LogP contribution in [0.2, 0.25) is 0 Å². The van der Waals surface area contributed by atoms with Crippen molar-refractivity contribution in [2.75, 3.05) is 19.6 Å². The van der Waals surface area contributed by atoms with Crippen LogP contribution in [0.1, 0.15) is 42.7 Å². The van der Waals surface area contributed by atoms with E-state index in [0.717, 1.165) is 31.5 Å². The minimum Gasteiger partial charge on any atom is -0.480 e. The highest BCUT2D eigenvalue weighted by Gasteiger charge is 2.44. The van der Waals surface area contributed by atoms with Crippen molar-refractivity contribution in [2.45, 2.75) is 43.4 Å². The molecule has 2 amide bonds. The molecule has 0 spiro atoms. The van der Waals surface area contributed by atoms with Crippen LogP contribution in [-0.4, -0.2) is 64.7 Å². The van der Waals surface area contributed by atoms with Gasteiger partial charge in [-0.2, -0.15) is 13.2 Å². The van der Waals surface area contributed by atoms with Crippen LogP contribution >= 0.6 is 0 Å². The van der Waals surface area contributed by atoms with E-state index in [-0.39, 0.29) is 24.9 Å². The number of imide groups is 1. The summed E-state index contributed by atoms with van der Waals surface area (Å²) in [6.07, 6.45) is -3.53. The summed E-state index contributed by atoms with van der Waals surface area (Å²) in [6.45, 7) is 1.50. The zero-order valence-corrected chi connectivity index (χ0v) is 16.8. The van der Waals surface area contributed by atoms with E-state index >= 15 is 0 Å². The molecule has 2 aliphatic rings. The van der Waals surface area contributed by atoms with Gasteiger partial charge in [-0.1, -0.05) is 24.3 Å². The number of alkyl halides is 4. The number of amides is 2. The molecule has 2 saturated heterocycles. The van der Waals surface area contributed by atoms with E-state index in [0.29, 0.717) is 5.92 Å². The van der Waals surface area contributed by atoms with Gasteiger partial charge in [-0.3, -0.25) is 24.6 Å². The molecule has 1 aromatic carbocycles. The molecule has 0 radical (unpaired) electrons. The summed E-state index contributed by atoms with van der Waals surface area (Å²) >= 11 is 0. The van der Waals surface area contributed by atoms with Crippen LogP contribution in [0.15, 0.2) is 24.3 Å². The zero-order valence-electron chi connectivity index (χ0n) is 16.8. The Morgan fingerprint density at radius 1 is 1.09 bits per heavy atom. The lowest BCUT2D eigenvalue weighted by atomic mass is 9.84. The summed E-state index contributed by atoms with van der Waals surface area (Å²) in [5.74, 6) is -4.61. The minimum atomic E-state index is -5.08. The molecule has 0 aromatic heterocycles. The van der Waals surface area contributed by atoms with Crippen molar-refractivity contribution in [3.63, 3.8) is 0 Å². The number of carboxylic acids is 2. The van der Waals surface area contributed by atoms with Gasteiger partial charge in [0, 0.05) is 12.8 Å². The number of halogens is 4. The summed E-state index contributed by atoms with van der Waals surface area (Å²) < 4.78 is 46.7. The number of piperidine rings is 2. The molecule has 32 heavy (non-hydrogen) atoms. The third-order valence-electron chi connectivity index (χ3n) is 5.34. The number of likely N-dealkylation sites (tertiary alicyclic amines) is 1. The van der Waals surface area contributed by atoms with Crippen LogP contribution in [0, 0.1) is 0 Å². The maximum absolute atomic E-state index is 15.0. The van der Waals surface area contributed by atoms with Gasteiger partial charge in [0.2, 0.25) is 11.6 Å². The quantitative estimate of drug-likeness (QED) is 0.463. The largest absolute Gasteiger partial charge is 0.490 e. The minimum absolute atomic E-state index is 0.00791. The number of carboxylic acid groups (broad SMARTS) is 2. The predicted octanol–water partition coefficient (Wildman–Crippen LogP) is 2.19. The van der Waals surface area contributed by atoms with Crippen molar-refractivity contribution < 1.29 is 47.0 Å². The molecule has 3 rings (SSSR count). The van der Waals surface area contributed by atoms with Gasteiger partial charge in [0.05, 0.1) is 6.54 Å². The second kappa shape index (κ2) is 10.1. The van der Waals surface area contributed by atoms with E-state index in [1.54, 1.807) is 12.1 Å². The molecular weight excluding hydrogens is 440 g/mol. The van der Waals surface area contributed by atoms with E-state index < -0.39 is 35.6 Å². The van der Waals surface area contributed by atoms with Crippen molar-refractivity contribution in [1.82, 2.24) is 10.2 Å². The lowest BCUT2D eigenvalue weighted by molar-refractivity contribution is -0.192. The third kappa shape index (κ3) is 6.49. The Hall–Kier alpha value is -3.02. The molecule has 1 aromatic rings. The van der Waals surface area contributed by atoms with Gasteiger partial charge in [0.15, 0.2) is 0 Å². The average Bonchev–Trinajstić information content (AvgIpc) is 2.71. The monoisotopic (exact) mass is 462 g/mol. The van der Waals surface area contributed by atoms with Gasteiger partial charge >= 0.3 is 18.1 Å². The molecule has 3 N–H and O–H groups in total. The number of carbonyl (C=O) groups excluding carboxylic acids is 2. The van der Waals surface area contributed by atoms with Gasteiger partial charge < -0.3 is 10.2 Å². The van der Waals surface area contributed by atoms with Gasteiger partial charge in [-0.15, -0.1) is 0 Å². The smallest absolute Gasteiger partial charge is 0.480 e. The Kier molecular flexibility index (Phi) is 7.94. The standard InChI is InChI=1S/C18H21FN2O4.C2HF3O2/c19-18(8-5-15(22)20-17(18)25)14-3-1-12(2-4-14)13-6-9-21(10-7-13)11-16(23)24;3-2(4,5)1(6)7/h1-4,13H,5-11H2,(H,23,24)(H,20,22,25);(H,6,7).